The van der Waals surface area contributed by atoms with Crippen LogP contribution in [0.25, 0.3) is 133 Å². The molecule has 0 amide bonds. The fourth-order valence-corrected chi connectivity index (χ4v) is 9.07. The summed E-state index contributed by atoms with van der Waals surface area (Å²) in [5.74, 6) is 1.84. The van der Waals surface area contributed by atoms with E-state index >= 15 is 0 Å². The van der Waals surface area contributed by atoms with Gasteiger partial charge in [0.15, 0.2) is 17.5 Å². The van der Waals surface area contributed by atoms with E-state index in [0.29, 0.717) is 28.8 Å². The van der Waals surface area contributed by atoms with E-state index in [1.54, 1.807) is 0 Å². The smallest absolute Gasteiger partial charge is 0.164 e. The van der Waals surface area contributed by atoms with Crippen LogP contribution in [0, 0.1) is 0 Å². The fraction of sp³-hybridized carbons (Fsp3) is 0. The van der Waals surface area contributed by atoms with Crippen LogP contribution in [-0.2, 0) is 0 Å². The molecule has 7 heteroatoms. The third kappa shape index (κ3) is 4.03. The van der Waals surface area contributed by atoms with E-state index in [1.807, 2.05) is 24.3 Å². The Morgan fingerprint density at radius 2 is 0.786 bits per heavy atom. The maximum atomic E-state index is 5.51. The van der Waals surface area contributed by atoms with Gasteiger partial charge in [0.2, 0.25) is 0 Å². The van der Waals surface area contributed by atoms with E-state index in [0.717, 1.165) is 77.2 Å². The van der Waals surface area contributed by atoms with E-state index in [2.05, 4.69) is 137 Å². The van der Waals surface area contributed by atoms with Crippen molar-refractivity contribution in [2.45, 2.75) is 0 Å². The maximum absolute atomic E-state index is 5.51. The zero-order chi connectivity index (χ0) is 36.5. The minimum atomic E-state index is 0.598. The normalized spacial score (nSPS) is 12.3. The summed E-state index contributed by atoms with van der Waals surface area (Å²) in [7, 11) is 0. The van der Waals surface area contributed by atoms with Gasteiger partial charge in [-0.05, 0) is 37.9 Å². The average Bonchev–Trinajstić information content (AvgIpc) is 4.00. The van der Waals surface area contributed by atoms with Crippen LogP contribution in [0.4, 0.5) is 0 Å². The van der Waals surface area contributed by atoms with Crippen molar-refractivity contribution in [1.82, 2.24) is 34.9 Å². The lowest BCUT2D eigenvalue weighted by molar-refractivity contribution is 1.21. The van der Waals surface area contributed by atoms with Crippen LogP contribution in [-0.4, -0.2) is 34.9 Å². The number of H-pyrrole nitrogens is 2. The fourth-order valence-electron chi connectivity index (χ4n) is 9.07. The molecular formula is C49H27N7. The molecule has 0 radical (unpaired) electrons. The van der Waals surface area contributed by atoms with Crippen molar-refractivity contribution in [3.8, 4) is 56.5 Å². The zero-order valence-corrected chi connectivity index (χ0v) is 29.7. The molecule has 8 aromatic carbocycles. The molecule has 11 aromatic rings. The Morgan fingerprint density at radius 3 is 1.45 bits per heavy atom. The highest BCUT2D eigenvalue weighted by molar-refractivity contribution is 6.27. The first-order valence-corrected chi connectivity index (χ1v) is 18.8. The molecule has 5 heterocycles. The molecule has 2 N–H and O–H groups in total. The number of rotatable bonds is 1. The minimum Gasteiger partial charge on any atom is -0.339 e. The molecule has 0 unspecified atom stereocenters. The van der Waals surface area contributed by atoms with Crippen molar-refractivity contribution in [1.29, 1.82) is 0 Å². The molecule has 0 saturated heterocycles. The summed E-state index contributed by atoms with van der Waals surface area (Å²) in [5.41, 5.74) is 9.79. The molecule has 7 nitrogen and oxygen atoms in total. The Labute approximate surface area is 318 Å². The molecule has 0 saturated carbocycles. The maximum Gasteiger partial charge on any atom is 0.164 e. The molecule has 2 aliphatic heterocycles. The first kappa shape index (κ1) is 29.7. The Bertz CT molecular complexity index is 3650. The number of hydrogen-bond donors (Lipinski definition) is 2. The second-order valence-corrected chi connectivity index (χ2v) is 14.6. The predicted molar refractivity (Wildman–Crippen MR) is 227 cm³/mol. The average molecular weight is 714 g/mol. The van der Waals surface area contributed by atoms with Gasteiger partial charge in [-0.1, -0.05) is 152 Å². The summed E-state index contributed by atoms with van der Waals surface area (Å²) in [6, 6.07) is 53.3. The van der Waals surface area contributed by atoms with Crippen molar-refractivity contribution in [3.63, 3.8) is 0 Å². The van der Waals surface area contributed by atoms with Gasteiger partial charge in [0.25, 0.3) is 0 Å². The van der Waals surface area contributed by atoms with Crippen molar-refractivity contribution < 1.29 is 0 Å². The molecule has 0 fully saturated rings. The van der Waals surface area contributed by atoms with Crippen molar-refractivity contribution in [3.05, 3.63) is 152 Å². The summed E-state index contributed by atoms with van der Waals surface area (Å²) < 4.78 is 0. The molecule has 13 rings (SSSR count). The lowest BCUT2D eigenvalue weighted by Gasteiger charge is -2.15. The Hall–Kier alpha value is -7.77. The number of nitrogens with one attached hydrogen (secondary N) is 2. The number of benzene rings is 8. The summed E-state index contributed by atoms with van der Waals surface area (Å²) in [4.78, 5) is 33.8. The number of aromatic amines is 2. The summed E-state index contributed by atoms with van der Waals surface area (Å²) in [6.07, 6.45) is 0. The van der Waals surface area contributed by atoms with Crippen LogP contribution < -0.4 is 0 Å². The molecule has 0 spiro atoms. The quantitative estimate of drug-likeness (QED) is 0.165. The number of fused-ring (bicyclic) bond motifs is 20. The number of nitrogens with zero attached hydrogens (tertiary/aromatic N) is 5. The number of hydrogen-bond acceptors (Lipinski definition) is 5. The van der Waals surface area contributed by atoms with Crippen LogP contribution in [0.15, 0.2) is 152 Å². The van der Waals surface area contributed by atoms with E-state index in [4.69, 9.17) is 24.9 Å². The topological polar surface area (TPSA) is 96.0 Å². The lowest BCUT2D eigenvalue weighted by Crippen LogP contribution is -1.90. The second kappa shape index (κ2) is 10.9. The van der Waals surface area contributed by atoms with Gasteiger partial charge in [0.1, 0.15) is 16.9 Å². The minimum absolute atomic E-state index is 0.598. The third-order valence-corrected chi connectivity index (χ3v) is 11.6. The third-order valence-electron chi connectivity index (χ3n) is 11.6. The van der Waals surface area contributed by atoms with Gasteiger partial charge in [-0.15, -0.1) is 0 Å². The van der Waals surface area contributed by atoms with Crippen molar-refractivity contribution >= 4 is 76.3 Å². The van der Waals surface area contributed by atoms with Gasteiger partial charge >= 0.3 is 0 Å². The first-order valence-electron chi connectivity index (χ1n) is 18.8. The SMILES string of the molecule is c1ccc2c(c1)-c1nc-2nc2[nH]c(c(-c3ccc4ccc5cccc6ccc3c4c56)c3nc(nc4[nH]c(n1)c1ccccc41)-c1ccccc1-3)c1ccccc21. The van der Waals surface area contributed by atoms with Crippen molar-refractivity contribution in [2.75, 3.05) is 0 Å². The van der Waals surface area contributed by atoms with Crippen LogP contribution in [0.2, 0.25) is 0 Å². The van der Waals surface area contributed by atoms with E-state index in [1.165, 1.54) is 26.9 Å². The standard InChI is InChI=1S/C49H27N7/c1-3-14-33-31(12-1)42-41(30-25-23-28-21-20-26-10-9-11-27-22-24-29(30)40(28)39(26)27)43-32-13-2-4-15-34(32)45(51-43)53-47-36-17-6-8-19-38(36)49(55-47)56-48-37-18-7-5-16-35(37)46(54-48)52-44(33)50-42/h1-25H,(H2,50,51,52,53,54,55,56). The van der Waals surface area contributed by atoms with Crippen LogP contribution >= 0.6 is 0 Å². The largest absolute Gasteiger partial charge is 0.339 e. The van der Waals surface area contributed by atoms with Gasteiger partial charge in [0.05, 0.1) is 11.2 Å². The molecule has 0 atom stereocenters. The first-order chi connectivity index (χ1) is 27.7. The summed E-state index contributed by atoms with van der Waals surface area (Å²) >= 11 is 0. The van der Waals surface area contributed by atoms with E-state index in [9.17, 15) is 0 Å². The highest BCUT2D eigenvalue weighted by Crippen LogP contribution is 2.47. The summed E-state index contributed by atoms with van der Waals surface area (Å²) in [6.45, 7) is 0. The zero-order valence-electron chi connectivity index (χ0n) is 29.7. The van der Waals surface area contributed by atoms with Crippen LogP contribution in [0.1, 0.15) is 0 Å². The summed E-state index contributed by atoms with van der Waals surface area (Å²) in [5, 5.41) is 11.3. The van der Waals surface area contributed by atoms with Gasteiger partial charge in [-0.2, -0.15) is 0 Å². The molecule has 258 valence electrons. The molecular weight excluding hydrogens is 687 g/mol. The number of aromatic nitrogens is 7. The van der Waals surface area contributed by atoms with Gasteiger partial charge in [0, 0.05) is 49.4 Å². The second-order valence-electron chi connectivity index (χ2n) is 14.6. The Kier molecular flexibility index (Phi) is 5.77. The molecule has 8 bridgehead atoms. The van der Waals surface area contributed by atoms with Crippen LogP contribution in [0.5, 0.6) is 0 Å². The van der Waals surface area contributed by atoms with Crippen LogP contribution in [0.3, 0.4) is 0 Å². The monoisotopic (exact) mass is 713 g/mol. The Balaban J connectivity index is 1.28. The van der Waals surface area contributed by atoms with Gasteiger partial charge in [-0.25, -0.2) is 24.9 Å². The highest BCUT2D eigenvalue weighted by Gasteiger charge is 2.26. The molecule has 2 aliphatic rings. The predicted octanol–water partition coefficient (Wildman–Crippen LogP) is 12.0. The Morgan fingerprint density at radius 1 is 0.304 bits per heavy atom. The lowest BCUT2D eigenvalue weighted by atomic mass is 9.88. The van der Waals surface area contributed by atoms with E-state index < -0.39 is 0 Å². The highest BCUT2D eigenvalue weighted by atomic mass is 15.0. The van der Waals surface area contributed by atoms with Gasteiger partial charge < -0.3 is 9.97 Å². The molecule has 0 aliphatic carbocycles. The molecule has 56 heavy (non-hydrogen) atoms. The molecule has 3 aromatic heterocycles. The van der Waals surface area contributed by atoms with E-state index in [-0.39, 0.29) is 0 Å². The van der Waals surface area contributed by atoms with Crippen molar-refractivity contribution in [2.24, 2.45) is 0 Å². The van der Waals surface area contributed by atoms with Gasteiger partial charge in [-0.3, -0.25) is 0 Å².